The Morgan fingerprint density at radius 1 is 1.10 bits per heavy atom. The van der Waals surface area contributed by atoms with Crippen LogP contribution in [0.4, 0.5) is 0 Å². The summed E-state index contributed by atoms with van der Waals surface area (Å²) in [5.74, 6) is -0.235. The van der Waals surface area contributed by atoms with Gasteiger partial charge in [0, 0.05) is 38.9 Å². The molecular weight excluding hydrogens is 416 g/mol. The smallest absolute Gasteiger partial charge is 0.254 e. The van der Waals surface area contributed by atoms with Crippen LogP contribution in [0, 0.1) is 0 Å². The predicted molar refractivity (Wildman–Crippen MR) is 118 cm³/mol. The summed E-state index contributed by atoms with van der Waals surface area (Å²) < 4.78 is 38.7. The van der Waals surface area contributed by atoms with Crippen molar-refractivity contribution in [1.29, 1.82) is 0 Å². The van der Waals surface area contributed by atoms with Gasteiger partial charge in [-0.15, -0.1) is 0 Å². The van der Waals surface area contributed by atoms with E-state index in [9.17, 15) is 13.2 Å². The molecular formula is C23H30N2O5S. The van der Waals surface area contributed by atoms with E-state index < -0.39 is 10.0 Å². The average Bonchev–Trinajstić information content (AvgIpc) is 2.76. The Kier molecular flexibility index (Phi) is 7.83. The second-order valence-corrected chi connectivity index (χ2v) is 9.75. The molecule has 0 bridgehead atoms. The van der Waals surface area contributed by atoms with Crippen LogP contribution in [0.15, 0.2) is 59.5 Å². The van der Waals surface area contributed by atoms with E-state index in [2.05, 4.69) is 0 Å². The molecule has 0 spiro atoms. The van der Waals surface area contributed by atoms with Crippen molar-refractivity contribution >= 4 is 15.9 Å². The lowest BCUT2D eigenvalue weighted by Gasteiger charge is -2.34. The fourth-order valence-electron chi connectivity index (χ4n) is 3.71. The SMILES string of the molecule is COCCN(Cc1ccccc1)C(=O)c1cccc(S(=O)(=O)N2C[C@@H](C)O[C@H](C)C2)c1. The number of morpholine rings is 1. The molecule has 0 N–H and O–H groups in total. The maximum absolute atomic E-state index is 13.3. The summed E-state index contributed by atoms with van der Waals surface area (Å²) in [6.07, 6.45) is -0.363. The zero-order valence-electron chi connectivity index (χ0n) is 18.2. The Labute approximate surface area is 184 Å². The summed E-state index contributed by atoms with van der Waals surface area (Å²) in [7, 11) is -2.14. The summed E-state index contributed by atoms with van der Waals surface area (Å²) in [5.41, 5.74) is 1.33. The summed E-state index contributed by atoms with van der Waals surface area (Å²) in [5, 5.41) is 0. The Balaban J connectivity index is 1.85. The molecule has 2 aromatic carbocycles. The van der Waals surface area contributed by atoms with Crippen molar-refractivity contribution in [2.75, 3.05) is 33.4 Å². The van der Waals surface area contributed by atoms with Gasteiger partial charge in [0.2, 0.25) is 10.0 Å². The quantitative estimate of drug-likeness (QED) is 0.623. The van der Waals surface area contributed by atoms with E-state index in [1.807, 2.05) is 44.2 Å². The highest BCUT2D eigenvalue weighted by atomic mass is 32.2. The molecule has 1 heterocycles. The third-order valence-electron chi connectivity index (χ3n) is 5.17. The lowest BCUT2D eigenvalue weighted by Crippen LogP contribution is -2.48. The molecule has 8 heteroatoms. The first-order valence-corrected chi connectivity index (χ1v) is 11.8. The van der Waals surface area contributed by atoms with Crippen LogP contribution in [0.3, 0.4) is 0 Å². The third-order valence-corrected chi connectivity index (χ3v) is 7.00. The average molecular weight is 447 g/mol. The van der Waals surface area contributed by atoms with Gasteiger partial charge in [0.25, 0.3) is 5.91 Å². The van der Waals surface area contributed by atoms with Gasteiger partial charge in [-0.3, -0.25) is 4.79 Å². The van der Waals surface area contributed by atoms with Crippen LogP contribution in [0.5, 0.6) is 0 Å². The van der Waals surface area contributed by atoms with Gasteiger partial charge in [-0.2, -0.15) is 4.31 Å². The molecule has 1 fully saturated rings. The monoisotopic (exact) mass is 446 g/mol. The highest BCUT2D eigenvalue weighted by molar-refractivity contribution is 7.89. The molecule has 3 rings (SSSR count). The highest BCUT2D eigenvalue weighted by Crippen LogP contribution is 2.22. The molecule has 0 saturated carbocycles. The predicted octanol–water partition coefficient (Wildman–Crippen LogP) is 2.77. The minimum Gasteiger partial charge on any atom is -0.383 e. The summed E-state index contributed by atoms with van der Waals surface area (Å²) in [4.78, 5) is 15.0. The molecule has 1 saturated heterocycles. The standard InChI is InChI=1S/C23H30N2O5S/c1-18-15-25(16-19(2)30-18)31(27,28)22-11-7-10-21(14-22)23(26)24(12-13-29-3)17-20-8-5-4-6-9-20/h4-11,14,18-19H,12-13,15-17H2,1-3H3/t18-,19-/m1/s1. The minimum atomic E-state index is -3.73. The van der Waals surface area contributed by atoms with Gasteiger partial charge in [-0.05, 0) is 37.6 Å². The molecule has 0 aromatic heterocycles. The van der Waals surface area contributed by atoms with Gasteiger partial charge in [0.1, 0.15) is 0 Å². The number of nitrogens with zero attached hydrogens (tertiary/aromatic N) is 2. The normalized spacial score (nSPS) is 19.8. The largest absolute Gasteiger partial charge is 0.383 e. The first-order valence-electron chi connectivity index (χ1n) is 10.4. The lowest BCUT2D eigenvalue weighted by molar-refractivity contribution is -0.0440. The molecule has 0 unspecified atom stereocenters. The van der Waals surface area contributed by atoms with Crippen LogP contribution in [-0.2, 0) is 26.0 Å². The number of methoxy groups -OCH3 is 1. The van der Waals surface area contributed by atoms with E-state index in [4.69, 9.17) is 9.47 Å². The van der Waals surface area contributed by atoms with Crippen molar-refractivity contribution in [1.82, 2.24) is 9.21 Å². The number of hydrogen-bond acceptors (Lipinski definition) is 5. The zero-order chi connectivity index (χ0) is 22.4. The summed E-state index contributed by atoms with van der Waals surface area (Å²) in [6, 6.07) is 15.9. The topological polar surface area (TPSA) is 76.2 Å². The molecule has 2 atom stereocenters. The fourth-order valence-corrected chi connectivity index (χ4v) is 5.34. The van der Waals surface area contributed by atoms with Gasteiger partial charge >= 0.3 is 0 Å². The number of carbonyl (C=O) groups excluding carboxylic acids is 1. The van der Waals surface area contributed by atoms with Crippen molar-refractivity contribution in [3.05, 3.63) is 65.7 Å². The number of carbonyl (C=O) groups is 1. The van der Waals surface area contributed by atoms with Gasteiger partial charge < -0.3 is 14.4 Å². The molecule has 31 heavy (non-hydrogen) atoms. The zero-order valence-corrected chi connectivity index (χ0v) is 19.0. The highest BCUT2D eigenvalue weighted by Gasteiger charge is 2.32. The maximum atomic E-state index is 13.3. The van der Waals surface area contributed by atoms with Gasteiger partial charge in [0.05, 0.1) is 23.7 Å². The van der Waals surface area contributed by atoms with Crippen molar-refractivity contribution in [3.8, 4) is 0 Å². The van der Waals surface area contributed by atoms with Crippen LogP contribution in [0.25, 0.3) is 0 Å². The van der Waals surface area contributed by atoms with Crippen molar-refractivity contribution < 1.29 is 22.7 Å². The number of sulfonamides is 1. The molecule has 1 amide bonds. The molecule has 1 aliphatic heterocycles. The first kappa shape index (κ1) is 23.4. The fraction of sp³-hybridized carbons (Fsp3) is 0.435. The Hall–Kier alpha value is -2.26. The number of hydrogen-bond donors (Lipinski definition) is 0. The van der Waals surface area contributed by atoms with Crippen LogP contribution < -0.4 is 0 Å². The van der Waals surface area contributed by atoms with E-state index in [0.717, 1.165) is 5.56 Å². The molecule has 7 nitrogen and oxygen atoms in total. The number of amides is 1. The van der Waals surface area contributed by atoms with Crippen molar-refractivity contribution in [2.24, 2.45) is 0 Å². The minimum absolute atomic E-state index is 0.117. The van der Waals surface area contributed by atoms with Crippen molar-refractivity contribution in [2.45, 2.75) is 37.5 Å². The van der Waals surface area contributed by atoms with Crippen LogP contribution >= 0.6 is 0 Å². The van der Waals surface area contributed by atoms with E-state index in [0.29, 0.717) is 38.3 Å². The maximum Gasteiger partial charge on any atom is 0.254 e. The molecule has 0 aliphatic carbocycles. The Bertz CT molecular complexity index is 970. The van der Waals surface area contributed by atoms with Crippen LogP contribution in [-0.4, -0.2) is 69.1 Å². The first-order chi connectivity index (χ1) is 14.8. The Morgan fingerprint density at radius 2 is 1.77 bits per heavy atom. The Morgan fingerprint density at radius 3 is 2.42 bits per heavy atom. The van der Waals surface area contributed by atoms with Crippen molar-refractivity contribution in [3.63, 3.8) is 0 Å². The number of ether oxygens (including phenoxy) is 2. The molecule has 0 radical (unpaired) electrons. The summed E-state index contributed by atoms with van der Waals surface area (Å²) >= 11 is 0. The molecule has 1 aliphatic rings. The lowest BCUT2D eigenvalue weighted by atomic mass is 10.1. The van der Waals surface area contributed by atoms with E-state index in [1.54, 1.807) is 24.1 Å². The van der Waals surface area contributed by atoms with Crippen LogP contribution in [0.1, 0.15) is 29.8 Å². The number of benzene rings is 2. The molecule has 168 valence electrons. The van der Waals surface area contributed by atoms with E-state index in [-0.39, 0.29) is 23.0 Å². The number of rotatable bonds is 8. The van der Waals surface area contributed by atoms with Gasteiger partial charge in [-0.25, -0.2) is 8.42 Å². The molecule has 2 aromatic rings. The second kappa shape index (κ2) is 10.4. The van der Waals surface area contributed by atoms with Gasteiger partial charge in [-0.1, -0.05) is 36.4 Å². The van der Waals surface area contributed by atoms with E-state index >= 15 is 0 Å². The second-order valence-electron chi connectivity index (χ2n) is 7.81. The van der Waals surface area contributed by atoms with Gasteiger partial charge in [0.15, 0.2) is 0 Å². The third kappa shape index (κ3) is 5.92. The van der Waals surface area contributed by atoms with Crippen LogP contribution in [0.2, 0.25) is 0 Å². The summed E-state index contributed by atoms with van der Waals surface area (Å²) in [6.45, 7) is 5.50. The van der Waals surface area contributed by atoms with E-state index in [1.165, 1.54) is 16.4 Å².